The third-order valence-corrected chi connectivity index (χ3v) is 4.14. The number of carbonyl (C=O) groups is 2. The van der Waals surface area contributed by atoms with Crippen LogP contribution in [0.2, 0.25) is 0 Å². The molecular weight excluding hydrogens is 672 g/mol. The van der Waals surface area contributed by atoms with Crippen molar-refractivity contribution in [3.05, 3.63) is 24.8 Å². The second-order valence-corrected chi connectivity index (χ2v) is 7.80. The molecule has 0 aromatic heterocycles. The Hall–Kier alpha value is -2.98. The zero-order valence-electron chi connectivity index (χ0n) is 20.3. The molecule has 254 valence electrons. The summed E-state index contributed by atoms with van der Waals surface area (Å²) < 4.78 is 256. The minimum absolute atomic E-state index is 0.220. The fourth-order valence-electron chi connectivity index (χ4n) is 1.94. The fourth-order valence-corrected chi connectivity index (χ4v) is 1.94. The van der Waals surface area contributed by atoms with E-state index < -0.39 is 91.0 Å². The molecule has 24 heteroatoms. The maximum atomic E-state index is 13.1. The second kappa shape index (κ2) is 13.3. The lowest BCUT2D eigenvalue weighted by atomic mass is 9.97. The molecule has 0 rings (SSSR count). The Morgan fingerprint density at radius 3 is 1.28 bits per heavy atom. The number of ether oxygens (including phenoxy) is 2. The van der Waals surface area contributed by atoms with Gasteiger partial charge in [-0.05, 0) is 6.92 Å². The molecule has 0 aromatic carbocycles. The van der Waals surface area contributed by atoms with Crippen LogP contribution in [0.15, 0.2) is 24.8 Å². The summed E-state index contributed by atoms with van der Waals surface area (Å²) in [6.07, 6.45) is -39.2. The van der Waals surface area contributed by atoms with Crippen LogP contribution in [-0.4, -0.2) is 72.5 Å². The summed E-state index contributed by atoms with van der Waals surface area (Å²) in [6.45, 7) is 6.06. The van der Waals surface area contributed by atoms with Crippen molar-refractivity contribution in [2.45, 2.75) is 80.4 Å². The summed E-state index contributed by atoms with van der Waals surface area (Å²) in [5, 5.41) is 0. The van der Waals surface area contributed by atoms with Crippen LogP contribution in [-0.2, 0) is 19.1 Å². The first kappa shape index (κ1) is 42.2. The van der Waals surface area contributed by atoms with Crippen LogP contribution < -0.4 is 0 Å². The van der Waals surface area contributed by atoms with E-state index in [1.807, 2.05) is 0 Å². The fraction of sp³-hybridized carbons (Fsp3) is 0.684. The van der Waals surface area contributed by atoms with Gasteiger partial charge < -0.3 is 9.47 Å². The van der Waals surface area contributed by atoms with Gasteiger partial charge in [-0.15, -0.1) is 0 Å². The molecule has 0 saturated heterocycles. The third kappa shape index (κ3) is 10.6. The second-order valence-electron chi connectivity index (χ2n) is 7.80. The Kier molecular flexibility index (Phi) is 13.1. The highest BCUT2D eigenvalue weighted by Crippen LogP contribution is 2.55. The molecule has 0 fully saturated rings. The predicted molar refractivity (Wildman–Crippen MR) is 98.0 cm³/mol. The SMILES string of the molecule is C=C(C)C(=O)OC(F)(F)C(F)(F)C(F)CC(F)(F)F.C=CC(=O)OC(F)(F)C(F)(F)C(F)(F)C(F)(F)C(F)CC(F)(F)F. The first-order valence-electron chi connectivity index (χ1n) is 9.96. The first-order valence-corrected chi connectivity index (χ1v) is 9.96. The number of rotatable bonds is 12. The molecule has 2 atom stereocenters. The van der Waals surface area contributed by atoms with Crippen molar-refractivity contribution in [1.29, 1.82) is 0 Å². The van der Waals surface area contributed by atoms with Gasteiger partial charge >= 0.3 is 60.2 Å². The maximum Gasteiger partial charge on any atom is 0.473 e. The zero-order chi connectivity index (χ0) is 35.4. The van der Waals surface area contributed by atoms with Gasteiger partial charge in [0.25, 0.3) is 0 Å². The van der Waals surface area contributed by atoms with Crippen LogP contribution in [0.1, 0.15) is 19.8 Å². The van der Waals surface area contributed by atoms with E-state index in [-0.39, 0.29) is 6.08 Å². The van der Waals surface area contributed by atoms with Crippen LogP contribution in [0.25, 0.3) is 0 Å². The van der Waals surface area contributed by atoms with Gasteiger partial charge in [0, 0.05) is 11.6 Å². The van der Waals surface area contributed by atoms with Crippen molar-refractivity contribution in [2.24, 2.45) is 0 Å². The number of alkyl halides is 20. The first-order chi connectivity index (χ1) is 18.5. The molecular formula is C19H14F20O4. The largest absolute Gasteiger partial charge is 0.473 e. The van der Waals surface area contributed by atoms with Gasteiger partial charge in [-0.25, -0.2) is 18.4 Å². The third-order valence-electron chi connectivity index (χ3n) is 4.14. The van der Waals surface area contributed by atoms with E-state index in [2.05, 4.69) is 22.6 Å². The summed E-state index contributed by atoms with van der Waals surface area (Å²) in [6, 6.07) is 0. The lowest BCUT2D eigenvalue weighted by molar-refractivity contribution is -0.422. The Morgan fingerprint density at radius 2 is 0.977 bits per heavy atom. The Morgan fingerprint density at radius 1 is 0.628 bits per heavy atom. The Labute approximate surface area is 225 Å². The molecule has 2 unspecified atom stereocenters. The lowest BCUT2D eigenvalue weighted by Crippen LogP contribution is -2.65. The molecule has 0 aromatic rings. The van der Waals surface area contributed by atoms with Crippen molar-refractivity contribution >= 4 is 11.9 Å². The number of carbonyl (C=O) groups excluding carboxylic acids is 2. The normalized spacial score (nSPS) is 15.5. The summed E-state index contributed by atoms with van der Waals surface area (Å²) >= 11 is 0. The number of hydrogen-bond donors (Lipinski definition) is 0. The molecule has 0 aliphatic heterocycles. The van der Waals surface area contributed by atoms with Gasteiger partial charge in [-0.3, -0.25) is 0 Å². The Balaban J connectivity index is 0. The smallest absolute Gasteiger partial charge is 0.393 e. The molecule has 0 saturated carbocycles. The Bertz CT molecular complexity index is 997. The average molecular weight is 686 g/mol. The molecule has 0 N–H and O–H groups in total. The molecule has 0 radical (unpaired) electrons. The van der Waals surface area contributed by atoms with Gasteiger partial charge in [0.15, 0.2) is 12.3 Å². The topological polar surface area (TPSA) is 52.6 Å². The average Bonchev–Trinajstić information content (AvgIpc) is 2.75. The minimum atomic E-state index is -7.35. The molecule has 4 nitrogen and oxygen atoms in total. The van der Waals surface area contributed by atoms with E-state index in [9.17, 15) is 97.4 Å². The number of halogens is 20. The molecule has 0 spiro atoms. The molecule has 0 aliphatic carbocycles. The van der Waals surface area contributed by atoms with Crippen molar-refractivity contribution in [2.75, 3.05) is 0 Å². The standard InChI is InChI=1S/C10H6F12O2.C9H8F8O2/c1-2-5(23)24-10(21,22)9(19,20)8(17,18)7(15,16)4(11)3-6(12,13)14;1-4(2)6(18)19-9(16,17)8(14,15)5(10)3-7(11,12)13/h2,4H,1,3H2;5H,1,3H2,2H3. The van der Waals surface area contributed by atoms with Crippen molar-refractivity contribution in [1.82, 2.24) is 0 Å². The van der Waals surface area contributed by atoms with E-state index >= 15 is 0 Å². The quantitative estimate of drug-likeness (QED) is 0.118. The van der Waals surface area contributed by atoms with Crippen LogP contribution in [0.4, 0.5) is 87.8 Å². The van der Waals surface area contributed by atoms with Crippen molar-refractivity contribution < 1.29 is 107 Å². The summed E-state index contributed by atoms with van der Waals surface area (Å²) in [5.74, 6) is -31.7. The van der Waals surface area contributed by atoms with E-state index in [1.54, 1.807) is 0 Å². The highest BCUT2D eigenvalue weighted by Gasteiger charge is 2.84. The van der Waals surface area contributed by atoms with Crippen LogP contribution in [0.5, 0.6) is 0 Å². The van der Waals surface area contributed by atoms with Crippen LogP contribution in [0.3, 0.4) is 0 Å². The zero-order valence-corrected chi connectivity index (χ0v) is 20.3. The van der Waals surface area contributed by atoms with Gasteiger partial charge in [0.05, 0.1) is 12.8 Å². The molecule has 0 bridgehead atoms. The van der Waals surface area contributed by atoms with Gasteiger partial charge in [-0.1, -0.05) is 13.2 Å². The number of esters is 2. The highest BCUT2D eigenvalue weighted by molar-refractivity contribution is 5.87. The van der Waals surface area contributed by atoms with E-state index in [1.165, 1.54) is 0 Å². The van der Waals surface area contributed by atoms with Gasteiger partial charge in [0.2, 0.25) is 0 Å². The molecule has 0 heterocycles. The van der Waals surface area contributed by atoms with Gasteiger partial charge in [0.1, 0.15) is 0 Å². The summed E-state index contributed by atoms with van der Waals surface area (Å²) in [5.41, 5.74) is -0.707. The molecule has 0 aliphatic rings. The van der Waals surface area contributed by atoms with E-state index in [4.69, 9.17) is 0 Å². The predicted octanol–water partition coefficient (Wildman–Crippen LogP) is 8.13. The van der Waals surface area contributed by atoms with E-state index in [0.29, 0.717) is 0 Å². The molecule has 43 heavy (non-hydrogen) atoms. The van der Waals surface area contributed by atoms with Crippen molar-refractivity contribution in [3.63, 3.8) is 0 Å². The minimum Gasteiger partial charge on any atom is -0.393 e. The summed E-state index contributed by atoms with van der Waals surface area (Å²) in [7, 11) is 0. The van der Waals surface area contributed by atoms with Crippen LogP contribution >= 0.6 is 0 Å². The maximum absolute atomic E-state index is 13.1. The van der Waals surface area contributed by atoms with E-state index in [0.717, 1.165) is 6.92 Å². The number of hydrogen-bond acceptors (Lipinski definition) is 4. The highest BCUT2D eigenvalue weighted by atomic mass is 19.4. The molecule has 0 amide bonds. The van der Waals surface area contributed by atoms with Crippen LogP contribution in [0, 0.1) is 0 Å². The lowest BCUT2D eigenvalue weighted by Gasteiger charge is -2.36. The summed E-state index contributed by atoms with van der Waals surface area (Å²) in [4.78, 5) is 21.0. The van der Waals surface area contributed by atoms with Gasteiger partial charge in [-0.2, -0.15) is 79.0 Å². The van der Waals surface area contributed by atoms with Crippen molar-refractivity contribution in [3.8, 4) is 0 Å². The monoisotopic (exact) mass is 686 g/mol.